The Kier molecular flexibility index (Phi) is 7.60. The number of rotatable bonds is 8. The van der Waals surface area contributed by atoms with Crippen molar-refractivity contribution in [2.75, 3.05) is 47.6 Å². The summed E-state index contributed by atoms with van der Waals surface area (Å²) in [6.45, 7) is 3.21. The first-order valence-electron chi connectivity index (χ1n) is 10.1. The third-order valence-corrected chi connectivity index (χ3v) is 7.17. The highest BCUT2D eigenvalue weighted by molar-refractivity contribution is 7.89. The number of carbonyl (C=O) groups excluding carboxylic acids is 1. The summed E-state index contributed by atoms with van der Waals surface area (Å²) in [4.78, 5) is 12.9. The molecule has 2 aromatic carbocycles. The molecule has 1 N–H and O–H groups in total. The van der Waals surface area contributed by atoms with Gasteiger partial charge in [-0.05, 0) is 48.9 Å². The van der Waals surface area contributed by atoms with E-state index in [1.54, 1.807) is 12.1 Å². The molecule has 1 aliphatic heterocycles. The van der Waals surface area contributed by atoms with Crippen molar-refractivity contribution < 1.29 is 32.2 Å². The minimum atomic E-state index is -3.61. The fourth-order valence-corrected chi connectivity index (χ4v) is 4.84. The first-order valence-corrected chi connectivity index (χ1v) is 11.5. The molecule has 0 radical (unpaired) electrons. The summed E-state index contributed by atoms with van der Waals surface area (Å²) in [6, 6.07) is 9.07. The molecular formula is C22H28N2O7S. The van der Waals surface area contributed by atoms with E-state index in [4.69, 9.17) is 18.9 Å². The van der Waals surface area contributed by atoms with Gasteiger partial charge in [-0.1, -0.05) is 0 Å². The normalized spacial score (nSPS) is 15.6. The van der Waals surface area contributed by atoms with Gasteiger partial charge in [0.15, 0.2) is 11.5 Å². The SMILES string of the molecule is COc1cc(C(C)NC(=O)c2ccc(S(=O)(=O)N3CCOCC3)cc2)cc(OC)c1OC. The van der Waals surface area contributed by atoms with Crippen molar-refractivity contribution >= 4 is 15.9 Å². The molecule has 9 nitrogen and oxygen atoms in total. The van der Waals surface area contributed by atoms with E-state index in [1.165, 1.54) is 49.9 Å². The molecule has 1 aliphatic rings. The summed E-state index contributed by atoms with van der Waals surface area (Å²) >= 11 is 0. The Balaban J connectivity index is 1.74. The molecule has 3 rings (SSSR count). The molecular weight excluding hydrogens is 436 g/mol. The molecule has 1 saturated heterocycles. The minimum Gasteiger partial charge on any atom is -0.493 e. The number of morpholine rings is 1. The largest absolute Gasteiger partial charge is 0.493 e. The summed E-state index contributed by atoms with van der Waals surface area (Å²) in [7, 11) is 0.961. The van der Waals surface area contributed by atoms with Gasteiger partial charge in [-0.15, -0.1) is 0 Å². The van der Waals surface area contributed by atoms with Crippen LogP contribution in [0.2, 0.25) is 0 Å². The van der Waals surface area contributed by atoms with Crippen LogP contribution in [-0.4, -0.2) is 66.3 Å². The molecule has 32 heavy (non-hydrogen) atoms. The summed E-state index contributed by atoms with van der Waals surface area (Å²) in [6.07, 6.45) is 0. The van der Waals surface area contributed by atoms with Crippen LogP contribution in [0, 0.1) is 0 Å². The Bertz CT molecular complexity index is 1020. The van der Waals surface area contributed by atoms with Crippen molar-refractivity contribution in [3.05, 3.63) is 47.5 Å². The highest BCUT2D eigenvalue weighted by Gasteiger charge is 2.26. The lowest BCUT2D eigenvalue weighted by Crippen LogP contribution is -2.40. The molecule has 1 unspecified atom stereocenters. The highest BCUT2D eigenvalue weighted by atomic mass is 32.2. The van der Waals surface area contributed by atoms with Gasteiger partial charge < -0.3 is 24.3 Å². The summed E-state index contributed by atoms with van der Waals surface area (Å²) in [5.74, 6) is 1.11. The van der Waals surface area contributed by atoms with Crippen LogP contribution in [0.3, 0.4) is 0 Å². The minimum absolute atomic E-state index is 0.147. The second-order valence-corrected chi connectivity index (χ2v) is 9.13. The van der Waals surface area contributed by atoms with Gasteiger partial charge in [0.05, 0.1) is 45.5 Å². The van der Waals surface area contributed by atoms with E-state index >= 15 is 0 Å². The van der Waals surface area contributed by atoms with Gasteiger partial charge >= 0.3 is 0 Å². The fourth-order valence-electron chi connectivity index (χ4n) is 3.43. The van der Waals surface area contributed by atoms with Gasteiger partial charge in [0.1, 0.15) is 0 Å². The summed E-state index contributed by atoms with van der Waals surface area (Å²) in [5, 5.41) is 2.91. The Morgan fingerprint density at radius 3 is 2.06 bits per heavy atom. The van der Waals surface area contributed by atoms with Crippen LogP contribution < -0.4 is 19.5 Å². The van der Waals surface area contributed by atoms with Crippen LogP contribution in [-0.2, 0) is 14.8 Å². The molecule has 0 spiro atoms. The summed E-state index contributed by atoms with van der Waals surface area (Å²) < 4.78 is 48.1. The van der Waals surface area contributed by atoms with Crippen LogP contribution in [0.1, 0.15) is 28.9 Å². The zero-order chi connectivity index (χ0) is 23.3. The predicted octanol–water partition coefficient (Wildman–Crippen LogP) is 2.22. The third kappa shape index (κ3) is 4.98. The lowest BCUT2D eigenvalue weighted by atomic mass is 10.1. The molecule has 1 fully saturated rings. The predicted molar refractivity (Wildman–Crippen MR) is 118 cm³/mol. The lowest BCUT2D eigenvalue weighted by molar-refractivity contribution is 0.0730. The van der Waals surface area contributed by atoms with E-state index in [-0.39, 0.29) is 16.8 Å². The van der Waals surface area contributed by atoms with Crippen molar-refractivity contribution in [3.63, 3.8) is 0 Å². The van der Waals surface area contributed by atoms with E-state index in [2.05, 4.69) is 5.32 Å². The lowest BCUT2D eigenvalue weighted by Gasteiger charge is -2.26. The number of methoxy groups -OCH3 is 3. The number of ether oxygens (including phenoxy) is 4. The second kappa shape index (κ2) is 10.2. The molecule has 0 aromatic heterocycles. The Hall–Kier alpha value is -2.82. The molecule has 10 heteroatoms. The standard InChI is InChI=1S/C22H28N2O7S/c1-15(17-13-19(28-2)21(30-4)20(14-17)29-3)23-22(25)16-5-7-18(8-6-16)32(26,27)24-9-11-31-12-10-24/h5-8,13-15H,9-12H2,1-4H3,(H,23,25). The molecule has 1 atom stereocenters. The summed E-state index contributed by atoms with van der Waals surface area (Å²) in [5.41, 5.74) is 1.12. The van der Waals surface area contributed by atoms with E-state index < -0.39 is 10.0 Å². The number of amides is 1. The fraction of sp³-hybridized carbons (Fsp3) is 0.409. The number of nitrogens with one attached hydrogen (secondary N) is 1. The maximum Gasteiger partial charge on any atom is 0.251 e. The zero-order valence-corrected chi connectivity index (χ0v) is 19.4. The van der Waals surface area contributed by atoms with Gasteiger partial charge in [0, 0.05) is 18.7 Å². The van der Waals surface area contributed by atoms with Crippen LogP contribution in [0.5, 0.6) is 17.2 Å². The van der Waals surface area contributed by atoms with Gasteiger partial charge in [-0.3, -0.25) is 4.79 Å². The molecule has 0 bridgehead atoms. The van der Waals surface area contributed by atoms with Crippen molar-refractivity contribution in [2.24, 2.45) is 0 Å². The Labute approximate surface area is 188 Å². The van der Waals surface area contributed by atoms with Gasteiger partial charge in [-0.2, -0.15) is 4.31 Å². The highest BCUT2D eigenvalue weighted by Crippen LogP contribution is 2.39. The molecule has 0 aliphatic carbocycles. The number of hydrogen-bond acceptors (Lipinski definition) is 7. The Morgan fingerprint density at radius 1 is 1.00 bits per heavy atom. The maximum absolute atomic E-state index is 12.7. The van der Waals surface area contributed by atoms with Crippen LogP contribution in [0.4, 0.5) is 0 Å². The Morgan fingerprint density at radius 2 is 1.56 bits per heavy atom. The van der Waals surface area contributed by atoms with Crippen LogP contribution in [0.15, 0.2) is 41.3 Å². The number of benzene rings is 2. The number of sulfonamides is 1. The topological polar surface area (TPSA) is 103 Å². The number of carbonyl (C=O) groups is 1. The maximum atomic E-state index is 12.7. The second-order valence-electron chi connectivity index (χ2n) is 7.19. The average molecular weight is 465 g/mol. The van der Waals surface area contributed by atoms with Gasteiger partial charge in [0.2, 0.25) is 15.8 Å². The number of nitrogens with zero attached hydrogens (tertiary/aromatic N) is 1. The number of hydrogen-bond donors (Lipinski definition) is 1. The van der Waals surface area contributed by atoms with Crippen LogP contribution in [0.25, 0.3) is 0 Å². The average Bonchev–Trinajstić information content (AvgIpc) is 2.83. The van der Waals surface area contributed by atoms with Gasteiger partial charge in [-0.25, -0.2) is 8.42 Å². The van der Waals surface area contributed by atoms with Gasteiger partial charge in [0.25, 0.3) is 5.91 Å². The first kappa shape index (κ1) is 23.8. The van der Waals surface area contributed by atoms with E-state index in [0.29, 0.717) is 49.1 Å². The van der Waals surface area contributed by atoms with Crippen LogP contribution >= 0.6 is 0 Å². The van der Waals surface area contributed by atoms with Crippen molar-refractivity contribution in [2.45, 2.75) is 17.9 Å². The first-order chi connectivity index (χ1) is 15.3. The van der Waals surface area contributed by atoms with E-state index in [1.807, 2.05) is 6.92 Å². The molecule has 0 saturated carbocycles. The third-order valence-electron chi connectivity index (χ3n) is 5.26. The quantitative estimate of drug-likeness (QED) is 0.639. The zero-order valence-electron chi connectivity index (χ0n) is 18.6. The molecule has 2 aromatic rings. The van der Waals surface area contributed by atoms with Crippen molar-refractivity contribution in [1.82, 2.24) is 9.62 Å². The smallest absolute Gasteiger partial charge is 0.251 e. The van der Waals surface area contributed by atoms with E-state index in [0.717, 1.165) is 5.56 Å². The van der Waals surface area contributed by atoms with E-state index in [9.17, 15) is 13.2 Å². The molecule has 1 heterocycles. The molecule has 1 amide bonds. The monoisotopic (exact) mass is 464 g/mol. The van der Waals surface area contributed by atoms with Crippen molar-refractivity contribution in [1.29, 1.82) is 0 Å². The molecule has 174 valence electrons. The van der Waals surface area contributed by atoms with Crippen molar-refractivity contribution in [3.8, 4) is 17.2 Å².